The zero-order chi connectivity index (χ0) is 9.14. The number of phenolic OH excluding ortho intramolecular Hbond substituents is 1. The molecule has 1 aromatic carbocycles. The lowest BCUT2D eigenvalue weighted by molar-refractivity contribution is 0.124. The van der Waals surface area contributed by atoms with Gasteiger partial charge in [0.2, 0.25) is 0 Å². The molecule has 0 saturated carbocycles. The van der Waals surface area contributed by atoms with Gasteiger partial charge in [-0.2, -0.15) is 0 Å². The van der Waals surface area contributed by atoms with E-state index in [4.69, 9.17) is 5.90 Å². The quantitative estimate of drug-likeness (QED) is 0.765. The van der Waals surface area contributed by atoms with E-state index in [2.05, 4.69) is 20.8 Å². The molecule has 0 spiro atoms. The van der Waals surface area contributed by atoms with Crippen molar-refractivity contribution >= 4 is 15.9 Å². The molecule has 4 heteroatoms. The van der Waals surface area contributed by atoms with Crippen LogP contribution in [0.1, 0.15) is 11.1 Å². The molecule has 0 aliphatic rings. The summed E-state index contributed by atoms with van der Waals surface area (Å²) < 4.78 is 0.856. The van der Waals surface area contributed by atoms with E-state index in [0.717, 1.165) is 15.6 Å². The van der Waals surface area contributed by atoms with Crippen molar-refractivity contribution in [3.63, 3.8) is 0 Å². The fraction of sp³-hybridized carbons (Fsp3) is 0.250. The maximum Gasteiger partial charge on any atom is 0.119 e. The first-order chi connectivity index (χ1) is 5.65. The Bertz CT molecular complexity index is 265. The molecule has 1 aromatic rings. The summed E-state index contributed by atoms with van der Waals surface area (Å²) in [7, 11) is 0. The van der Waals surface area contributed by atoms with Crippen LogP contribution < -0.4 is 5.90 Å². The largest absolute Gasteiger partial charge is 0.508 e. The number of aromatic hydroxyl groups is 1. The number of hydrogen-bond donors (Lipinski definition) is 2. The van der Waals surface area contributed by atoms with Crippen LogP contribution in [0.4, 0.5) is 0 Å². The third kappa shape index (κ3) is 1.97. The number of phenols is 1. The normalized spacial score (nSPS) is 10.2. The SMILES string of the molecule is Cc1c(O)cc(CON)cc1Br. The van der Waals surface area contributed by atoms with Gasteiger partial charge in [0.05, 0.1) is 6.61 Å². The maximum atomic E-state index is 9.38. The molecule has 3 N–H and O–H groups in total. The first-order valence-electron chi connectivity index (χ1n) is 3.45. The van der Waals surface area contributed by atoms with Gasteiger partial charge in [0, 0.05) is 10.0 Å². The van der Waals surface area contributed by atoms with Crippen molar-refractivity contribution in [1.29, 1.82) is 0 Å². The second-order valence-corrected chi connectivity index (χ2v) is 3.39. The highest BCUT2D eigenvalue weighted by Crippen LogP contribution is 2.26. The Kier molecular flexibility index (Phi) is 3.08. The standard InChI is InChI=1S/C8H10BrNO2/c1-5-7(9)2-6(4-12-10)3-8(5)11/h2-3,11H,4,10H2,1H3. The maximum absolute atomic E-state index is 9.38. The second-order valence-electron chi connectivity index (χ2n) is 2.53. The summed E-state index contributed by atoms with van der Waals surface area (Å²) in [6.45, 7) is 2.12. The highest BCUT2D eigenvalue weighted by atomic mass is 79.9. The van der Waals surface area contributed by atoms with E-state index in [1.807, 2.05) is 13.0 Å². The van der Waals surface area contributed by atoms with Gasteiger partial charge in [-0.1, -0.05) is 15.9 Å². The van der Waals surface area contributed by atoms with Crippen LogP contribution in [0.25, 0.3) is 0 Å². The van der Waals surface area contributed by atoms with Crippen LogP contribution in [0.3, 0.4) is 0 Å². The van der Waals surface area contributed by atoms with Crippen LogP contribution in [0, 0.1) is 6.92 Å². The highest BCUT2D eigenvalue weighted by Gasteiger charge is 2.03. The van der Waals surface area contributed by atoms with E-state index in [0.29, 0.717) is 6.61 Å². The third-order valence-corrected chi connectivity index (χ3v) is 2.45. The number of hydrogen-bond acceptors (Lipinski definition) is 3. The fourth-order valence-corrected chi connectivity index (χ4v) is 1.40. The van der Waals surface area contributed by atoms with E-state index in [9.17, 15) is 5.11 Å². The summed E-state index contributed by atoms with van der Waals surface area (Å²) in [5, 5.41) is 9.38. The Morgan fingerprint density at radius 1 is 1.58 bits per heavy atom. The minimum absolute atomic E-state index is 0.247. The van der Waals surface area contributed by atoms with Gasteiger partial charge in [0.25, 0.3) is 0 Å². The van der Waals surface area contributed by atoms with Crippen molar-refractivity contribution in [3.05, 3.63) is 27.7 Å². The second kappa shape index (κ2) is 3.89. The molecule has 0 saturated heterocycles. The zero-order valence-corrected chi connectivity index (χ0v) is 8.26. The average molecular weight is 232 g/mol. The van der Waals surface area contributed by atoms with Gasteiger partial charge in [-0.25, -0.2) is 5.90 Å². The molecule has 0 aliphatic carbocycles. The Morgan fingerprint density at radius 3 is 2.75 bits per heavy atom. The summed E-state index contributed by atoms with van der Waals surface area (Å²) >= 11 is 3.31. The van der Waals surface area contributed by atoms with E-state index in [1.54, 1.807) is 6.07 Å². The van der Waals surface area contributed by atoms with Crippen LogP contribution in [0.15, 0.2) is 16.6 Å². The number of rotatable bonds is 2. The Hall–Kier alpha value is -0.580. The molecule has 66 valence electrons. The summed E-state index contributed by atoms with van der Waals surface area (Å²) in [6.07, 6.45) is 0. The monoisotopic (exact) mass is 231 g/mol. The molecular weight excluding hydrogens is 222 g/mol. The molecule has 1 rings (SSSR count). The van der Waals surface area contributed by atoms with E-state index in [1.165, 1.54) is 0 Å². The van der Waals surface area contributed by atoms with Gasteiger partial charge < -0.3 is 5.11 Å². The zero-order valence-electron chi connectivity index (χ0n) is 6.67. The first-order valence-corrected chi connectivity index (χ1v) is 4.24. The van der Waals surface area contributed by atoms with Crippen molar-refractivity contribution in [3.8, 4) is 5.75 Å². The van der Waals surface area contributed by atoms with E-state index < -0.39 is 0 Å². The molecule has 0 aromatic heterocycles. The minimum Gasteiger partial charge on any atom is -0.508 e. The lowest BCUT2D eigenvalue weighted by Crippen LogP contribution is -1.99. The molecule has 3 nitrogen and oxygen atoms in total. The molecule has 0 unspecified atom stereocenters. The van der Waals surface area contributed by atoms with Gasteiger partial charge in [0.1, 0.15) is 5.75 Å². The van der Waals surface area contributed by atoms with Gasteiger partial charge in [-0.3, -0.25) is 4.84 Å². The van der Waals surface area contributed by atoms with E-state index in [-0.39, 0.29) is 5.75 Å². The summed E-state index contributed by atoms with van der Waals surface area (Å²) in [6, 6.07) is 3.49. The van der Waals surface area contributed by atoms with Crippen LogP contribution in [-0.2, 0) is 11.4 Å². The van der Waals surface area contributed by atoms with Crippen molar-refractivity contribution < 1.29 is 9.94 Å². The molecule has 0 aliphatic heterocycles. The van der Waals surface area contributed by atoms with Crippen LogP contribution in [0.2, 0.25) is 0 Å². The van der Waals surface area contributed by atoms with Crippen LogP contribution in [0.5, 0.6) is 5.75 Å². The van der Waals surface area contributed by atoms with Crippen molar-refractivity contribution in [1.82, 2.24) is 0 Å². The number of halogens is 1. The van der Waals surface area contributed by atoms with Gasteiger partial charge in [0.15, 0.2) is 0 Å². The van der Waals surface area contributed by atoms with E-state index >= 15 is 0 Å². The minimum atomic E-state index is 0.247. The highest BCUT2D eigenvalue weighted by molar-refractivity contribution is 9.10. The smallest absolute Gasteiger partial charge is 0.119 e. The molecule has 12 heavy (non-hydrogen) atoms. The molecule has 0 fully saturated rings. The molecule has 0 heterocycles. The Balaban J connectivity index is 3.04. The summed E-state index contributed by atoms with van der Waals surface area (Å²) in [5.74, 6) is 5.15. The van der Waals surface area contributed by atoms with Crippen molar-refractivity contribution in [2.45, 2.75) is 13.5 Å². The van der Waals surface area contributed by atoms with Crippen molar-refractivity contribution in [2.75, 3.05) is 0 Å². The fourth-order valence-electron chi connectivity index (χ4n) is 0.898. The predicted molar refractivity (Wildman–Crippen MR) is 49.5 cm³/mol. The van der Waals surface area contributed by atoms with Gasteiger partial charge in [-0.15, -0.1) is 0 Å². The first kappa shape index (κ1) is 9.51. The lowest BCUT2D eigenvalue weighted by atomic mass is 10.1. The molecule has 0 amide bonds. The lowest BCUT2D eigenvalue weighted by Gasteiger charge is -2.05. The molecule has 0 radical (unpaired) electrons. The number of benzene rings is 1. The predicted octanol–water partition coefficient (Wildman–Crippen LogP) is 1.85. The Labute approximate surface area is 79.2 Å². The average Bonchev–Trinajstić information content (AvgIpc) is 2.01. The molecule has 0 atom stereocenters. The summed E-state index contributed by atoms with van der Waals surface area (Å²) in [4.78, 5) is 4.45. The molecule has 0 bridgehead atoms. The van der Waals surface area contributed by atoms with Crippen molar-refractivity contribution in [2.24, 2.45) is 5.90 Å². The van der Waals surface area contributed by atoms with Gasteiger partial charge in [-0.05, 0) is 24.6 Å². The molecular formula is C8H10BrNO2. The number of nitrogens with two attached hydrogens (primary N) is 1. The third-order valence-electron chi connectivity index (χ3n) is 1.63. The van der Waals surface area contributed by atoms with Crippen LogP contribution in [-0.4, -0.2) is 5.11 Å². The summed E-state index contributed by atoms with van der Waals surface area (Å²) in [5.41, 5.74) is 1.66. The Morgan fingerprint density at radius 2 is 2.25 bits per heavy atom. The van der Waals surface area contributed by atoms with Crippen LogP contribution >= 0.6 is 15.9 Å². The topological polar surface area (TPSA) is 55.5 Å². The van der Waals surface area contributed by atoms with Gasteiger partial charge >= 0.3 is 0 Å².